The number of hydrogen-bond donors (Lipinski definition) is 1. The molecule has 1 N–H and O–H groups in total. The summed E-state index contributed by atoms with van der Waals surface area (Å²) >= 11 is 13.9. The van der Waals surface area contributed by atoms with Gasteiger partial charge in [0.25, 0.3) is 0 Å². The predicted octanol–water partition coefficient (Wildman–Crippen LogP) is 3.77. The fourth-order valence-electron chi connectivity index (χ4n) is 3.26. The van der Waals surface area contributed by atoms with Gasteiger partial charge in [-0.1, -0.05) is 41.0 Å². The first-order valence-corrected chi connectivity index (χ1v) is 9.91. The SMILES string of the molecule is CC1CN(c2ncc(Sc3cccc(Cl)c3Cl)c3nncn23)CC(C)N1. The van der Waals surface area contributed by atoms with E-state index < -0.39 is 0 Å². The summed E-state index contributed by atoms with van der Waals surface area (Å²) in [5.41, 5.74) is 0.759. The van der Waals surface area contributed by atoms with Gasteiger partial charge in [0.05, 0.1) is 14.9 Å². The second-order valence-electron chi connectivity index (χ2n) is 6.47. The number of rotatable bonds is 3. The lowest BCUT2D eigenvalue weighted by Gasteiger charge is -2.36. The molecule has 4 rings (SSSR count). The Kier molecular flexibility index (Phi) is 4.96. The van der Waals surface area contributed by atoms with Gasteiger partial charge < -0.3 is 10.2 Å². The molecule has 1 saturated heterocycles. The van der Waals surface area contributed by atoms with Gasteiger partial charge in [0, 0.05) is 36.3 Å². The first-order valence-electron chi connectivity index (χ1n) is 8.34. The highest BCUT2D eigenvalue weighted by Crippen LogP contribution is 2.38. The minimum Gasteiger partial charge on any atom is -0.339 e. The third-order valence-electron chi connectivity index (χ3n) is 4.26. The number of nitrogens with zero attached hydrogens (tertiary/aromatic N) is 5. The van der Waals surface area contributed by atoms with Crippen LogP contribution in [-0.4, -0.2) is 44.8 Å². The summed E-state index contributed by atoms with van der Waals surface area (Å²) in [5, 5.41) is 13.0. The molecule has 1 aromatic carbocycles. The highest BCUT2D eigenvalue weighted by Gasteiger charge is 2.24. The van der Waals surface area contributed by atoms with E-state index >= 15 is 0 Å². The monoisotopic (exact) mass is 408 g/mol. The number of aromatic nitrogens is 4. The van der Waals surface area contributed by atoms with Gasteiger partial charge in [-0.25, -0.2) is 9.38 Å². The van der Waals surface area contributed by atoms with Crippen LogP contribution in [0.15, 0.2) is 40.5 Å². The molecule has 2 aromatic heterocycles. The molecule has 9 heteroatoms. The van der Waals surface area contributed by atoms with E-state index in [-0.39, 0.29) is 0 Å². The molecule has 2 unspecified atom stereocenters. The van der Waals surface area contributed by atoms with E-state index in [1.165, 1.54) is 11.8 Å². The van der Waals surface area contributed by atoms with Crippen LogP contribution in [-0.2, 0) is 0 Å². The molecule has 0 aliphatic carbocycles. The molecule has 0 bridgehead atoms. The minimum atomic E-state index is 0.395. The summed E-state index contributed by atoms with van der Waals surface area (Å²) in [6.07, 6.45) is 3.54. The maximum atomic E-state index is 6.32. The molecule has 0 saturated carbocycles. The van der Waals surface area contributed by atoms with E-state index in [0.29, 0.717) is 22.1 Å². The van der Waals surface area contributed by atoms with Crippen molar-refractivity contribution in [2.45, 2.75) is 35.7 Å². The average molecular weight is 409 g/mol. The molecular formula is C17H18Cl2N6S. The van der Waals surface area contributed by atoms with E-state index in [1.54, 1.807) is 12.4 Å². The zero-order valence-electron chi connectivity index (χ0n) is 14.4. The Bertz CT molecular complexity index is 936. The Morgan fingerprint density at radius 3 is 2.69 bits per heavy atom. The Morgan fingerprint density at radius 1 is 1.15 bits per heavy atom. The van der Waals surface area contributed by atoms with Crippen LogP contribution >= 0.6 is 35.0 Å². The summed E-state index contributed by atoms with van der Waals surface area (Å²) in [5.74, 6) is 0.853. The van der Waals surface area contributed by atoms with Crippen molar-refractivity contribution in [1.82, 2.24) is 24.9 Å². The van der Waals surface area contributed by atoms with Gasteiger partial charge in [-0.15, -0.1) is 10.2 Å². The molecule has 1 fully saturated rings. The van der Waals surface area contributed by atoms with Crippen molar-refractivity contribution >= 4 is 46.6 Å². The van der Waals surface area contributed by atoms with Crippen LogP contribution in [0.25, 0.3) is 5.65 Å². The molecule has 1 aliphatic heterocycles. The zero-order valence-corrected chi connectivity index (χ0v) is 16.7. The maximum absolute atomic E-state index is 6.32. The molecular weight excluding hydrogens is 391 g/mol. The Hall–Kier alpha value is -1.54. The smallest absolute Gasteiger partial charge is 0.212 e. The van der Waals surface area contributed by atoms with Gasteiger partial charge in [-0.3, -0.25) is 0 Å². The molecule has 26 heavy (non-hydrogen) atoms. The normalized spacial score (nSPS) is 20.7. The fourth-order valence-corrected chi connectivity index (χ4v) is 4.65. The van der Waals surface area contributed by atoms with Crippen LogP contribution in [0, 0.1) is 0 Å². The van der Waals surface area contributed by atoms with Crippen molar-refractivity contribution in [3.05, 3.63) is 40.8 Å². The molecule has 1 aliphatic rings. The standard InChI is InChI=1S/C17H18Cl2N6S/c1-10-7-24(8-11(2)22-10)17-20-6-14(16-23-21-9-25(16)17)26-13-5-3-4-12(18)15(13)19/h3-6,9-11,22H,7-8H2,1-2H3. The summed E-state index contributed by atoms with van der Waals surface area (Å²) < 4.78 is 1.94. The van der Waals surface area contributed by atoms with Crippen LogP contribution < -0.4 is 10.2 Å². The number of benzene rings is 1. The second kappa shape index (κ2) is 7.23. The summed E-state index contributed by atoms with van der Waals surface area (Å²) in [7, 11) is 0. The molecule has 0 spiro atoms. The lowest BCUT2D eigenvalue weighted by molar-refractivity contribution is 0.402. The van der Waals surface area contributed by atoms with Crippen LogP contribution in [0.4, 0.5) is 5.95 Å². The largest absolute Gasteiger partial charge is 0.339 e. The number of piperazine rings is 1. The molecule has 0 amide bonds. The Labute approximate surface area is 165 Å². The van der Waals surface area contributed by atoms with Gasteiger partial charge in [0.1, 0.15) is 6.33 Å². The summed E-state index contributed by atoms with van der Waals surface area (Å²) in [6.45, 7) is 6.13. The van der Waals surface area contributed by atoms with E-state index in [1.807, 2.05) is 22.7 Å². The first-order chi connectivity index (χ1) is 12.5. The van der Waals surface area contributed by atoms with Crippen molar-refractivity contribution in [1.29, 1.82) is 0 Å². The number of fused-ring (bicyclic) bond motifs is 1. The maximum Gasteiger partial charge on any atom is 0.212 e. The van der Waals surface area contributed by atoms with Gasteiger partial charge in [-0.2, -0.15) is 0 Å². The van der Waals surface area contributed by atoms with E-state index in [0.717, 1.165) is 34.5 Å². The van der Waals surface area contributed by atoms with Crippen LogP contribution in [0.3, 0.4) is 0 Å². The topological polar surface area (TPSA) is 58.4 Å². The number of nitrogens with one attached hydrogen (secondary N) is 1. The third-order valence-corrected chi connectivity index (χ3v) is 6.26. The van der Waals surface area contributed by atoms with E-state index in [2.05, 4.69) is 34.3 Å². The molecule has 2 atom stereocenters. The quantitative estimate of drug-likeness (QED) is 0.711. The Balaban J connectivity index is 1.71. The molecule has 3 heterocycles. The summed E-state index contributed by atoms with van der Waals surface area (Å²) in [4.78, 5) is 8.72. The van der Waals surface area contributed by atoms with E-state index in [9.17, 15) is 0 Å². The van der Waals surface area contributed by atoms with Crippen LogP contribution in [0.1, 0.15) is 13.8 Å². The first kappa shape index (κ1) is 17.9. The average Bonchev–Trinajstić information content (AvgIpc) is 3.08. The Morgan fingerprint density at radius 2 is 1.92 bits per heavy atom. The lowest BCUT2D eigenvalue weighted by Crippen LogP contribution is -2.55. The lowest BCUT2D eigenvalue weighted by atomic mass is 10.1. The zero-order chi connectivity index (χ0) is 18.3. The van der Waals surface area contributed by atoms with Crippen molar-refractivity contribution in [3.63, 3.8) is 0 Å². The van der Waals surface area contributed by atoms with Crippen molar-refractivity contribution in [2.75, 3.05) is 18.0 Å². The molecule has 6 nitrogen and oxygen atoms in total. The van der Waals surface area contributed by atoms with Crippen LogP contribution in [0.2, 0.25) is 10.0 Å². The summed E-state index contributed by atoms with van der Waals surface area (Å²) in [6, 6.07) is 6.37. The van der Waals surface area contributed by atoms with Crippen molar-refractivity contribution in [3.8, 4) is 0 Å². The molecule has 0 radical (unpaired) electrons. The van der Waals surface area contributed by atoms with Gasteiger partial charge >= 0.3 is 0 Å². The third kappa shape index (κ3) is 3.36. The van der Waals surface area contributed by atoms with Gasteiger partial charge in [0.2, 0.25) is 5.95 Å². The minimum absolute atomic E-state index is 0.395. The van der Waals surface area contributed by atoms with Crippen molar-refractivity contribution in [2.24, 2.45) is 0 Å². The highest BCUT2D eigenvalue weighted by molar-refractivity contribution is 7.99. The van der Waals surface area contributed by atoms with Gasteiger partial charge in [0.15, 0.2) is 5.65 Å². The molecule has 3 aromatic rings. The fraction of sp³-hybridized carbons (Fsp3) is 0.353. The molecule has 136 valence electrons. The van der Waals surface area contributed by atoms with Gasteiger partial charge in [-0.05, 0) is 26.0 Å². The number of anilines is 1. The number of halogens is 2. The number of hydrogen-bond acceptors (Lipinski definition) is 6. The highest BCUT2D eigenvalue weighted by atomic mass is 35.5. The predicted molar refractivity (Wildman–Crippen MR) is 106 cm³/mol. The second-order valence-corrected chi connectivity index (χ2v) is 8.34. The van der Waals surface area contributed by atoms with E-state index in [4.69, 9.17) is 28.2 Å². The van der Waals surface area contributed by atoms with Crippen LogP contribution in [0.5, 0.6) is 0 Å². The van der Waals surface area contributed by atoms with Crippen molar-refractivity contribution < 1.29 is 0 Å².